The van der Waals surface area contributed by atoms with E-state index in [0.717, 1.165) is 17.8 Å². The highest BCUT2D eigenvalue weighted by atomic mass is 16.5. The molecule has 3 heteroatoms. The van der Waals surface area contributed by atoms with E-state index in [2.05, 4.69) is 6.92 Å². The minimum atomic E-state index is -0.591. The number of ether oxygens (including phenoxy) is 1. The molecule has 72 valence electrons. The zero-order valence-corrected chi connectivity index (χ0v) is 7.66. The Bertz CT molecular complexity index is 278. The van der Waals surface area contributed by atoms with Crippen LogP contribution >= 0.6 is 0 Å². The van der Waals surface area contributed by atoms with E-state index in [-0.39, 0.29) is 5.76 Å². The first-order valence-corrected chi connectivity index (χ1v) is 4.61. The molecule has 3 nitrogen and oxygen atoms in total. The summed E-state index contributed by atoms with van der Waals surface area (Å²) in [6.45, 7) is 2.78. The summed E-state index contributed by atoms with van der Waals surface area (Å²) >= 11 is 0. The van der Waals surface area contributed by atoms with Gasteiger partial charge in [0.05, 0.1) is 12.7 Å². The lowest BCUT2D eigenvalue weighted by Gasteiger charge is -2.29. The Kier molecular flexibility index (Phi) is 2.04. The average Bonchev–Trinajstić information content (AvgIpc) is 2.06. The van der Waals surface area contributed by atoms with Gasteiger partial charge in [0, 0.05) is 12.0 Å². The Morgan fingerprint density at radius 2 is 2.23 bits per heavy atom. The molecular formula is C10H14O3. The smallest absolute Gasteiger partial charge is 0.120 e. The van der Waals surface area contributed by atoms with E-state index in [9.17, 15) is 10.2 Å². The Labute approximate surface area is 77.3 Å². The fraction of sp³-hybridized carbons (Fsp3) is 0.600. The van der Waals surface area contributed by atoms with Crippen LogP contribution in [0, 0.1) is 5.92 Å². The molecule has 0 radical (unpaired) electrons. The summed E-state index contributed by atoms with van der Waals surface area (Å²) in [6, 6.07) is 0. The molecule has 2 rings (SSSR count). The second-order valence-electron chi connectivity index (χ2n) is 3.85. The molecule has 2 N–H and O–H groups in total. The first-order chi connectivity index (χ1) is 6.16. The molecule has 1 heterocycles. The molecule has 0 aromatic heterocycles. The molecule has 2 unspecified atom stereocenters. The molecule has 1 aliphatic heterocycles. The fourth-order valence-electron chi connectivity index (χ4n) is 1.81. The molecule has 0 amide bonds. The lowest BCUT2D eigenvalue weighted by atomic mass is 9.91. The zero-order chi connectivity index (χ0) is 9.42. The minimum absolute atomic E-state index is 0.195. The maximum atomic E-state index is 9.56. The maximum Gasteiger partial charge on any atom is 0.120 e. The summed E-state index contributed by atoms with van der Waals surface area (Å²) in [5, 5.41) is 18.9. The van der Waals surface area contributed by atoms with Gasteiger partial charge in [0.25, 0.3) is 0 Å². The van der Waals surface area contributed by atoms with Crippen molar-refractivity contribution in [3.05, 3.63) is 23.2 Å². The van der Waals surface area contributed by atoms with Crippen LogP contribution < -0.4 is 0 Å². The van der Waals surface area contributed by atoms with Gasteiger partial charge in [0.1, 0.15) is 11.5 Å². The largest absolute Gasteiger partial charge is 0.508 e. The number of rotatable bonds is 0. The predicted molar refractivity (Wildman–Crippen MR) is 48.1 cm³/mol. The van der Waals surface area contributed by atoms with Gasteiger partial charge in [-0.3, -0.25) is 0 Å². The summed E-state index contributed by atoms with van der Waals surface area (Å²) in [4.78, 5) is 0. The predicted octanol–water partition coefficient (Wildman–Crippen LogP) is 1.50. The highest BCUT2D eigenvalue weighted by Crippen LogP contribution is 2.33. The van der Waals surface area contributed by atoms with Crippen LogP contribution in [0.25, 0.3) is 0 Å². The fourth-order valence-corrected chi connectivity index (χ4v) is 1.81. The van der Waals surface area contributed by atoms with E-state index >= 15 is 0 Å². The summed E-state index contributed by atoms with van der Waals surface area (Å²) in [7, 11) is 0. The molecule has 0 spiro atoms. The van der Waals surface area contributed by atoms with Crippen LogP contribution in [-0.4, -0.2) is 22.9 Å². The highest BCUT2D eigenvalue weighted by Gasteiger charge is 2.27. The third kappa shape index (κ3) is 1.56. The third-order valence-corrected chi connectivity index (χ3v) is 2.49. The van der Waals surface area contributed by atoms with Crippen molar-refractivity contribution >= 4 is 0 Å². The molecular weight excluding hydrogens is 168 g/mol. The van der Waals surface area contributed by atoms with Crippen LogP contribution in [0.2, 0.25) is 0 Å². The van der Waals surface area contributed by atoms with Crippen LogP contribution in [0.15, 0.2) is 23.2 Å². The monoisotopic (exact) mass is 182 g/mol. The van der Waals surface area contributed by atoms with E-state index < -0.39 is 6.10 Å². The normalized spacial score (nSPS) is 33.5. The van der Waals surface area contributed by atoms with Gasteiger partial charge in [-0.05, 0) is 18.4 Å². The molecule has 0 fully saturated rings. The van der Waals surface area contributed by atoms with Crippen molar-refractivity contribution in [2.75, 3.05) is 6.61 Å². The second-order valence-corrected chi connectivity index (χ2v) is 3.85. The molecule has 2 atom stereocenters. The number of aliphatic hydroxyl groups is 2. The number of hydrogen-bond donors (Lipinski definition) is 2. The van der Waals surface area contributed by atoms with Crippen molar-refractivity contribution in [1.82, 2.24) is 0 Å². The second kappa shape index (κ2) is 3.07. The lowest BCUT2D eigenvalue weighted by molar-refractivity contribution is 0.106. The van der Waals surface area contributed by atoms with Crippen LogP contribution in [-0.2, 0) is 4.74 Å². The molecule has 0 saturated carbocycles. The van der Waals surface area contributed by atoms with Gasteiger partial charge in [-0.1, -0.05) is 6.92 Å². The van der Waals surface area contributed by atoms with E-state index in [1.165, 1.54) is 6.08 Å². The Hall–Kier alpha value is -0.960. The first kappa shape index (κ1) is 8.63. The van der Waals surface area contributed by atoms with Gasteiger partial charge in [-0.2, -0.15) is 0 Å². The van der Waals surface area contributed by atoms with Gasteiger partial charge in [-0.25, -0.2) is 0 Å². The standard InChI is InChI=1S/C10H14O3/c1-6-2-8-9(12)3-7(11)4-10(8)13-5-6/h3,6-7,11-12H,2,4-5H2,1H3. The van der Waals surface area contributed by atoms with Crippen molar-refractivity contribution in [2.24, 2.45) is 5.92 Å². The highest BCUT2D eigenvalue weighted by molar-refractivity contribution is 5.34. The van der Waals surface area contributed by atoms with Crippen molar-refractivity contribution in [1.29, 1.82) is 0 Å². The number of hydrogen-bond acceptors (Lipinski definition) is 3. The molecule has 0 bridgehead atoms. The van der Waals surface area contributed by atoms with Crippen molar-refractivity contribution in [2.45, 2.75) is 25.9 Å². The summed E-state index contributed by atoms with van der Waals surface area (Å²) in [5.74, 6) is 1.41. The van der Waals surface area contributed by atoms with Crippen LogP contribution in [0.1, 0.15) is 19.8 Å². The minimum Gasteiger partial charge on any atom is -0.508 e. The Morgan fingerprint density at radius 3 is 3.00 bits per heavy atom. The number of aliphatic hydroxyl groups excluding tert-OH is 2. The maximum absolute atomic E-state index is 9.56. The quantitative estimate of drug-likeness (QED) is 0.597. The SMILES string of the molecule is CC1COC2=C(C1)C(O)=CC(O)C2. The van der Waals surface area contributed by atoms with E-state index in [0.29, 0.717) is 18.9 Å². The van der Waals surface area contributed by atoms with Crippen LogP contribution in [0.3, 0.4) is 0 Å². The van der Waals surface area contributed by atoms with Crippen molar-refractivity contribution in [3.8, 4) is 0 Å². The molecule has 1 aliphatic carbocycles. The van der Waals surface area contributed by atoms with Gasteiger partial charge in [0.15, 0.2) is 0 Å². The summed E-state index contributed by atoms with van der Waals surface area (Å²) in [6.07, 6.45) is 2.25. The molecule has 0 aromatic carbocycles. The van der Waals surface area contributed by atoms with Crippen molar-refractivity contribution < 1.29 is 14.9 Å². The average molecular weight is 182 g/mol. The van der Waals surface area contributed by atoms with Crippen LogP contribution in [0.5, 0.6) is 0 Å². The topological polar surface area (TPSA) is 49.7 Å². The third-order valence-electron chi connectivity index (χ3n) is 2.49. The van der Waals surface area contributed by atoms with E-state index in [1.807, 2.05) is 0 Å². The van der Waals surface area contributed by atoms with Gasteiger partial charge in [-0.15, -0.1) is 0 Å². The first-order valence-electron chi connectivity index (χ1n) is 4.61. The molecule has 2 aliphatic rings. The molecule has 13 heavy (non-hydrogen) atoms. The summed E-state index contributed by atoms with van der Waals surface area (Å²) < 4.78 is 5.45. The lowest BCUT2D eigenvalue weighted by Crippen LogP contribution is -2.22. The van der Waals surface area contributed by atoms with Crippen LogP contribution in [0.4, 0.5) is 0 Å². The van der Waals surface area contributed by atoms with E-state index in [1.54, 1.807) is 0 Å². The van der Waals surface area contributed by atoms with Gasteiger partial charge in [0.2, 0.25) is 0 Å². The molecule has 0 saturated heterocycles. The Morgan fingerprint density at radius 1 is 1.46 bits per heavy atom. The van der Waals surface area contributed by atoms with Gasteiger partial charge >= 0.3 is 0 Å². The van der Waals surface area contributed by atoms with E-state index in [4.69, 9.17) is 4.74 Å². The number of allylic oxidation sites excluding steroid dienone is 1. The Balaban J connectivity index is 2.27. The van der Waals surface area contributed by atoms with Gasteiger partial charge < -0.3 is 14.9 Å². The zero-order valence-electron chi connectivity index (χ0n) is 7.66. The summed E-state index contributed by atoms with van der Waals surface area (Å²) in [5.41, 5.74) is 0.879. The van der Waals surface area contributed by atoms with Crippen molar-refractivity contribution in [3.63, 3.8) is 0 Å². The molecule has 0 aromatic rings.